The first-order valence-electron chi connectivity index (χ1n) is 10.7. The minimum Gasteiger partial charge on any atom is -0.482 e. The van der Waals surface area contributed by atoms with Crippen molar-refractivity contribution in [2.45, 2.75) is 45.8 Å². The molecule has 0 bridgehead atoms. The Labute approximate surface area is 191 Å². The molecule has 1 aliphatic heterocycles. The van der Waals surface area contributed by atoms with Gasteiger partial charge in [0.05, 0.1) is 22.5 Å². The zero-order valence-corrected chi connectivity index (χ0v) is 19.2. The van der Waals surface area contributed by atoms with Gasteiger partial charge in [-0.05, 0) is 44.0 Å². The van der Waals surface area contributed by atoms with Gasteiger partial charge in [0.15, 0.2) is 6.61 Å². The number of carbonyl (C=O) groups excluding carboxylic acids is 2. The Morgan fingerprint density at radius 3 is 2.72 bits per heavy atom. The zero-order valence-electron chi connectivity index (χ0n) is 18.4. The lowest BCUT2D eigenvalue weighted by Crippen LogP contribution is -2.50. The Kier molecular flexibility index (Phi) is 6.55. The van der Waals surface area contributed by atoms with Crippen molar-refractivity contribution in [3.63, 3.8) is 0 Å². The smallest absolute Gasteiger partial charge is 0.329 e. The van der Waals surface area contributed by atoms with Gasteiger partial charge in [-0.15, -0.1) is 11.3 Å². The summed E-state index contributed by atoms with van der Waals surface area (Å²) in [6.07, 6.45) is 0.957. The fourth-order valence-electron chi connectivity index (χ4n) is 3.73. The molecule has 2 aromatic carbocycles. The van der Waals surface area contributed by atoms with Crippen LogP contribution >= 0.6 is 11.3 Å². The third-order valence-corrected chi connectivity index (χ3v) is 6.06. The van der Waals surface area contributed by atoms with Gasteiger partial charge in [-0.2, -0.15) is 0 Å². The molecule has 0 radical (unpaired) electrons. The van der Waals surface area contributed by atoms with Crippen LogP contribution in [0, 0.1) is 0 Å². The van der Waals surface area contributed by atoms with E-state index in [9.17, 15) is 9.59 Å². The third-order valence-electron chi connectivity index (χ3n) is 5.21. The number of carbonyl (C=O) groups is 2. The van der Waals surface area contributed by atoms with Gasteiger partial charge in [-0.1, -0.05) is 37.3 Å². The predicted molar refractivity (Wildman–Crippen MR) is 125 cm³/mol. The molecule has 166 valence electrons. The average Bonchev–Trinajstić information content (AvgIpc) is 3.24. The Hall–Kier alpha value is -3.19. The van der Waals surface area contributed by atoms with Crippen LogP contribution in [0.1, 0.15) is 37.8 Å². The van der Waals surface area contributed by atoms with Crippen molar-refractivity contribution in [2.75, 3.05) is 11.5 Å². The quantitative estimate of drug-likeness (QED) is 0.481. The normalized spacial score (nSPS) is 14.1. The van der Waals surface area contributed by atoms with Gasteiger partial charge in [0, 0.05) is 17.4 Å². The van der Waals surface area contributed by atoms with Crippen molar-refractivity contribution in [2.24, 2.45) is 0 Å². The number of benzene rings is 2. The fourth-order valence-corrected chi connectivity index (χ4v) is 4.57. The molecule has 0 fully saturated rings. The average molecular weight is 451 g/mol. The molecular formula is C25H26N2O4S. The molecule has 2 heterocycles. The van der Waals surface area contributed by atoms with Gasteiger partial charge < -0.3 is 9.47 Å². The summed E-state index contributed by atoms with van der Waals surface area (Å²) >= 11 is 1.60. The van der Waals surface area contributed by atoms with Crippen LogP contribution in [0.25, 0.3) is 11.3 Å². The maximum atomic E-state index is 12.8. The Bertz CT molecular complexity index is 1110. The highest BCUT2D eigenvalue weighted by Crippen LogP contribution is 2.38. The van der Waals surface area contributed by atoms with Gasteiger partial charge in [-0.3, -0.25) is 9.69 Å². The monoisotopic (exact) mass is 450 g/mol. The molecule has 0 saturated heterocycles. The van der Waals surface area contributed by atoms with Crippen LogP contribution in [-0.4, -0.2) is 35.6 Å². The second-order valence-corrected chi connectivity index (χ2v) is 8.88. The summed E-state index contributed by atoms with van der Waals surface area (Å²) in [5.74, 6) is -0.0953. The molecule has 3 aromatic rings. The van der Waals surface area contributed by atoms with Crippen molar-refractivity contribution in [3.05, 3.63) is 64.5 Å². The van der Waals surface area contributed by atoms with E-state index in [0.717, 1.165) is 22.7 Å². The van der Waals surface area contributed by atoms with E-state index in [2.05, 4.69) is 12.1 Å². The van der Waals surface area contributed by atoms with Crippen LogP contribution in [0.15, 0.2) is 53.9 Å². The highest BCUT2D eigenvalue weighted by molar-refractivity contribution is 7.10. The van der Waals surface area contributed by atoms with Crippen molar-refractivity contribution in [1.82, 2.24) is 4.98 Å². The predicted octanol–water partition coefficient (Wildman–Crippen LogP) is 4.86. The van der Waals surface area contributed by atoms with E-state index in [1.165, 1.54) is 10.5 Å². The van der Waals surface area contributed by atoms with Crippen LogP contribution in [0.4, 0.5) is 5.69 Å². The molecule has 0 saturated carbocycles. The largest absolute Gasteiger partial charge is 0.482 e. The van der Waals surface area contributed by atoms with E-state index in [0.29, 0.717) is 17.9 Å². The van der Waals surface area contributed by atoms with Crippen molar-refractivity contribution >= 4 is 28.9 Å². The topological polar surface area (TPSA) is 68.7 Å². The zero-order chi connectivity index (χ0) is 22.7. The van der Waals surface area contributed by atoms with Crippen molar-refractivity contribution in [1.29, 1.82) is 0 Å². The molecule has 1 amide bonds. The number of aromatic nitrogens is 1. The number of hydrogen-bond acceptors (Lipinski definition) is 6. The van der Waals surface area contributed by atoms with Crippen LogP contribution in [0.3, 0.4) is 0 Å². The SMILES string of the molecule is CCC(C(=O)OC(C)C)N1C(=O)COc2ccc(-c3csc(Cc4ccccc4)n3)cc21. The Morgan fingerprint density at radius 1 is 1.22 bits per heavy atom. The van der Waals surface area contributed by atoms with Crippen molar-refractivity contribution < 1.29 is 19.1 Å². The molecule has 6 nitrogen and oxygen atoms in total. The number of fused-ring (bicyclic) bond motifs is 1. The lowest BCUT2D eigenvalue weighted by molar-refractivity contribution is -0.150. The molecule has 1 aliphatic rings. The summed E-state index contributed by atoms with van der Waals surface area (Å²) in [5.41, 5.74) is 3.48. The minimum absolute atomic E-state index is 0.101. The first kappa shape index (κ1) is 22.0. The van der Waals surface area contributed by atoms with Crippen LogP contribution in [-0.2, 0) is 20.7 Å². The van der Waals surface area contributed by atoms with Gasteiger partial charge in [-0.25, -0.2) is 9.78 Å². The van der Waals surface area contributed by atoms with E-state index in [1.807, 2.05) is 48.7 Å². The first-order valence-corrected chi connectivity index (χ1v) is 11.6. The van der Waals surface area contributed by atoms with Gasteiger partial charge in [0.2, 0.25) is 0 Å². The molecule has 1 atom stereocenters. The minimum atomic E-state index is -0.702. The lowest BCUT2D eigenvalue weighted by Gasteiger charge is -2.34. The summed E-state index contributed by atoms with van der Waals surface area (Å²) < 4.78 is 11.0. The number of thiazole rings is 1. The molecule has 0 N–H and O–H groups in total. The van der Waals surface area contributed by atoms with E-state index < -0.39 is 12.0 Å². The summed E-state index contributed by atoms with van der Waals surface area (Å²) in [5, 5.41) is 3.03. The summed E-state index contributed by atoms with van der Waals surface area (Å²) in [6.45, 7) is 5.37. The number of hydrogen-bond donors (Lipinski definition) is 0. The van der Waals surface area contributed by atoms with Crippen LogP contribution in [0.2, 0.25) is 0 Å². The van der Waals surface area contributed by atoms with Crippen LogP contribution in [0.5, 0.6) is 5.75 Å². The molecule has 0 spiro atoms. The van der Waals surface area contributed by atoms with Gasteiger partial charge in [0.1, 0.15) is 11.8 Å². The fraction of sp³-hybridized carbons (Fsp3) is 0.320. The molecule has 7 heteroatoms. The summed E-state index contributed by atoms with van der Waals surface area (Å²) in [7, 11) is 0. The molecule has 1 unspecified atom stereocenters. The van der Waals surface area contributed by atoms with Crippen molar-refractivity contribution in [3.8, 4) is 17.0 Å². The highest BCUT2D eigenvalue weighted by Gasteiger charge is 2.36. The van der Waals surface area contributed by atoms with E-state index in [1.54, 1.807) is 25.2 Å². The lowest BCUT2D eigenvalue weighted by atomic mass is 10.1. The molecule has 0 aliphatic carbocycles. The third kappa shape index (κ3) is 4.67. The number of anilines is 1. The van der Waals surface area contributed by atoms with Gasteiger partial charge >= 0.3 is 5.97 Å². The first-order chi connectivity index (χ1) is 15.5. The number of esters is 1. The highest BCUT2D eigenvalue weighted by atomic mass is 32.1. The van der Waals surface area contributed by atoms with Gasteiger partial charge in [0.25, 0.3) is 5.91 Å². The van der Waals surface area contributed by atoms with E-state index in [-0.39, 0.29) is 18.6 Å². The maximum absolute atomic E-state index is 12.8. The maximum Gasteiger partial charge on any atom is 0.329 e. The second-order valence-electron chi connectivity index (χ2n) is 7.93. The second kappa shape index (κ2) is 9.53. The van der Waals surface area contributed by atoms with E-state index >= 15 is 0 Å². The summed E-state index contributed by atoms with van der Waals surface area (Å²) in [6, 6.07) is 15.2. The Balaban J connectivity index is 1.64. The summed E-state index contributed by atoms with van der Waals surface area (Å²) in [4.78, 5) is 31.8. The number of amides is 1. The molecular weight excluding hydrogens is 424 g/mol. The van der Waals surface area contributed by atoms with E-state index in [4.69, 9.17) is 14.5 Å². The number of nitrogens with zero attached hydrogens (tertiary/aromatic N) is 2. The molecule has 1 aromatic heterocycles. The number of ether oxygens (including phenoxy) is 2. The Morgan fingerprint density at radius 2 is 2.00 bits per heavy atom. The molecule has 32 heavy (non-hydrogen) atoms. The number of rotatable bonds is 7. The molecule has 4 rings (SSSR count). The van der Waals surface area contributed by atoms with Crippen LogP contribution < -0.4 is 9.64 Å². The standard InChI is InChI=1S/C25H26N2O4S/c1-4-20(25(29)31-16(2)3)27-21-13-18(10-11-22(21)30-14-24(27)28)19-15-32-23(26-19)12-17-8-6-5-7-9-17/h5-11,13,15-16,20H,4,12,14H2,1-3H3.